The molecule has 1 amide bonds. The zero-order valence-electron chi connectivity index (χ0n) is 13.8. The van der Waals surface area contributed by atoms with E-state index < -0.39 is 0 Å². The smallest absolute Gasteiger partial charge is 0.262 e. The van der Waals surface area contributed by atoms with Crippen molar-refractivity contribution in [1.29, 1.82) is 5.26 Å². The monoisotopic (exact) mass is 307 g/mol. The second-order valence-corrected chi connectivity index (χ2v) is 5.41. The van der Waals surface area contributed by atoms with Crippen LogP contribution in [0.5, 0.6) is 0 Å². The largest absolute Gasteiger partial charge is 0.349 e. The summed E-state index contributed by atoms with van der Waals surface area (Å²) in [6, 6.07) is 13.6. The molecule has 0 aliphatic heterocycles. The molecular weight excluding hydrogens is 286 g/mol. The molecule has 0 radical (unpaired) electrons. The number of benzene rings is 1. The lowest BCUT2D eigenvalue weighted by Gasteiger charge is -2.05. The van der Waals surface area contributed by atoms with Crippen LogP contribution in [0, 0.1) is 25.2 Å². The third-order valence-electron chi connectivity index (χ3n) is 3.89. The van der Waals surface area contributed by atoms with Crippen molar-refractivity contribution in [2.24, 2.45) is 0 Å². The van der Waals surface area contributed by atoms with Crippen molar-refractivity contribution in [2.75, 3.05) is 0 Å². The second kappa shape index (κ2) is 7.46. The molecule has 1 aromatic carbocycles. The van der Waals surface area contributed by atoms with Crippen LogP contribution in [0.2, 0.25) is 0 Å². The van der Waals surface area contributed by atoms with Crippen LogP contribution in [-0.2, 0) is 17.9 Å². The number of aryl methyl sites for hydroxylation is 1. The van der Waals surface area contributed by atoms with Gasteiger partial charge >= 0.3 is 0 Å². The molecule has 0 atom stereocenters. The topological polar surface area (TPSA) is 57.8 Å². The summed E-state index contributed by atoms with van der Waals surface area (Å²) in [6.07, 6.45) is 1.66. The molecule has 2 aromatic rings. The van der Waals surface area contributed by atoms with Gasteiger partial charge in [-0.05, 0) is 44.0 Å². The highest BCUT2D eigenvalue weighted by molar-refractivity contribution is 6.01. The quantitative estimate of drug-likeness (QED) is 0.680. The molecule has 0 saturated carbocycles. The number of rotatable bonds is 5. The summed E-state index contributed by atoms with van der Waals surface area (Å²) in [5.74, 6) is -0.349. The number of carbonyl (C=O) groups is 1. The van der Waals surface area contributed by atoms with E-state index in [0.717, 1.165) is 29.1 Å². The molecule has 0 spiro atoms. The molecule has 0 aliphatic rings. The molecule has 1 aromatic heterocycles. The van der Waals surface area contributed by atoms with Gasteiger partial charge < -0.3 is 9.88 Å². The number of nitrogens with one attached hydrogen (secondary N) is 1. The lowest BCUT2D eigenvalue weighted by atomic mass is 10.1. The Balaban J connectivity index is 2.16. The minimum Gasteiger partial charge on any atom is -0.349 e. The Morgan fingerprint density at radius 2 is 2.00 bits per heavy atom. The normalized spacial score (nSPS) is 11.1. The fraction of sp³-hybridized carbons (Fsp3) is 0.263. The summed E-state index contributed by atoms with van der Waals surface area (Å²) in [6.45, 7) is 7.38. The summed E-state index contributed by atoms with van der Waals surface area (Å²) in [5.41, 5.74) is 4.22. The van der Waals surface area contributed by atoms with Crippen molar-refractivity contribution < 1.29 is 4.79 Å². The Labute approximate surface area is 137 Å². The summed E-state index contributed by atoms with van der Waals surface area (Å²) in [7, 11) is 0. The molecule has 118 valence electrons. The molecule has 0 fully saturated rings. The zero-order chi connectivity index (χ0) is 16.8. The fourth-order valence-corrected chi connectivity index (χ4v) is 2.64. The van der Waals surface area contributed by atoms with Gasteiger partial charge in [-0.1, -0.05) is 30.3 Å². The maximum absolute atomic E-state index is 12.2. The standard InChI is InChI=1S/C19H21N3O/c1-4-22-14(2)10-17(15(22)3)11-18(12-20)19(23)21-13-16-8-6-5-7-9-16/h5-11H,4,13H2,1-3H3,(H,21,23)/b18-11-. The van der Waals surface area contributed by atoms with E-state index in [9.17, 15) is 10.1 Å². The van der Waals surface area contributed by atoms with Crippen LogP contribution in [0.1, 0.15) is 29.4 Å². The van der Waals surface area contributed by atoms with E-state index in [4.69, 9.17) is 0 Å². The van der Waals surface area contributed by atoms with E-state index >= 15 is 0 Å². The minimum atomic E-state index is -0.349. The van der Waals surface area contributed by atoms with Crippen molar-refractivity contribution in [2.45, 2.75) is 33.9 Å². The molecule has 0 saturated heterocycles. The Kier molecular flexibility index (Phi) is 5.37. The maximum Gasteiger partial charge on any atom is 0.262 e. The molecule has 4 heteroatoms. The van der Waals surface area contributed by atoms with Crippen molar-refractivity contribution >= 4 is 12.0 Å². The van der Waals surface area contributed by atoms with Crippen LogP contribution in [0.25, 0.3) is 6.08 Å². The predicted octanol–water partition coefficient (Wildman–Crippen LogP) is 3.35. The van der Waals surface area contributed by atoms with E-state index in [1.54, 1.807) is 6.08 Å². The molecule has 1 N–H and O–H groups in total. The Morgan fingerprint density at radius 3 is 2.57 bits per heavy atom. The Hall–Kier alpha value is -2.80. The van der Waals surface area contributed by atoms with E-state index in [-0.39, 0.29) is 11.5 Å². The van der Waals surface area contributed by atoms with E-state index in [0.29, 0.717) is 6.54 Å². The predicted molar refractivity (Wildman–Crippen MR) is 91.5 cm³/mol. The first-order valence-electron chi connectivity index (χ1n) is 7.67. The molecule has 4 nitrogen and oxygen atoms in total. The van der Waals surface area contributed by atoms with Gasteiger partial charge in [0.1, 0.15) is 11.6 Å². The molecule has 23 heavy (non-hydrogen) atoms. The summed E-state index contributed by atoms with van der Waals surface area (Å²) >= 11 is 0. The van der Waals surface area contributed by atoms with E-state index in [1.807, 2.05) is 56.3 Å². The van der Waals surface area contributed by atoms with Gasteiger partial charge in [-0.2, -0.15) is 5.26 Å². The van der Waals surface area contributed by atoms with Crippen LogP contribution >= 0.6 is 0 Å². The molecule has 1 heterocycles. The van der Waals surface area contributed by atoms with Gasteiger partial charge in [0.25, 0.3) is 5.91 Å². The molecule has 0 unspecified atom stereocenters. The Bertz CT molecular complexity index is 764. The second-order valence-electron chi connectivity index (χ2n) is 5.41. The number of nitrogens with zero attached hydrogens (tertiary/aromatic N) is 2. The van der Waals surface area contributed by atoms with Gasteiger partial charge in [0.05, 0.1) is 0 Å². The zero-order valence-corrected chi connectivity index (χ0v) is 13.8. The minimum absolute atomic E-state index is 0.122. The van der Waals surface area contributed by atoms with Gasteiger partial charge in [0, 0.05) is 24.5 Å². The van der Waals surface area contributed by atoms with Crippen LogP contribution in [0.4, 0.5) is 0 Å². The van der Waals surface area contributed by atoms with Crippen molar-refractivity contribution in [3.8, 4) is 6.07 Å². The van der Waals surface area contributed by atoms with Crippen LogP contribution in [0.15, 0.2) is 42.0 Å². The van der Waals surface area contributed by atoms with E-state index in [2.05, 4.69) is 16.8 Å². The number of hydrogen-bond donors (Lipinski definition) is 1. The lowest BCUT2D eigenvalue weighted by molar-refractivity contribution is -0.117. The number of carbonyl (C=O) groups excluding carboxylic acids is 1. The average molecular weight is 307 g/mol. The van der Waals surface area contributed by atoms with Gasteiger partial charge in [-0.25, -0.2) is 0 Å². The van der Waals surface area contributed by atoms with Gasteiger partial charge in [0.2, 0.25) is 0 Å². The third kappa shape index (κ3) is 3.89. The first-order chi connectivity index (χ1) is 11.1. The first kappa shape index (κ1) is 16.6. The molecule has 2 rings (SSSR count). The van der Waals surface area contributed by atoms with Crippen LogP contribution in [0.3, 0.4) is 0 Å². The highest BCUT2D eigenvalue weighted by atomic mass is 16.1. The highest BCUT2D eigenvalue weighted by Gasteiger charge is 2.12. The van der Waals surface area contributed by atoms with Gasteiger partial charge in [-0.3, -0.25) is 4.79 Å². The number of nitriles is 1. The van der Waals surface area contributed by atoms with Gasteiger partial charge in [0.15, 0.2) is 0 Å². The number of hydrogen-bond acceptors (Lipinski definition) is 2. The fourth-order valence-electron chi connectivity index (χ4n) is 2.64. The molecular formula is C19H21N3O. The summed E-state index contributed by atoms with van der Waals surface area (Å²) in [5, 5.41) is 12.1. The summed E-state index contributed by atoms with van der Waals surface area (Å²) in [4.78, 5) is 12.2. The Morgan fingerprint density at radius 1 is 1.30 bits per heavy atom. The first-order valence-corrected chi connectivity index (χ1v) is 7.67. The molecule has 0 aliphatic carbocycles. The number of aromatic nitrogens is 1. The van der Waals surface area contributed by atoms with E-state index in [1.165, 1.54) is 0 Å². The van der Waals surface area contributed by atoms with Crippen molar-refractivity contribution in [3.05, 3.63) is 64.5 Å². The lowest BCUT2D eigenvalue weighted by Crippen LogP contribution is -2.23. The van der Waals surface area contributed by atoms with Gasteiger partial charge in [-0.15, -0.1) is 0 Å². The van der Waals surface area contributed by atoms with Crippen molar-refractivity contribution in [3.63, 3.8) is 0 Å². The van der Waals surface area contributed by atoms with Crippen LogP contribution in [-0.4, -0.2) is 10.5 Å². The SMILES string of the molecule is CCn1c(C)cc(/C=C(/C#N)C(=O)NCc2ccccc2)c1C. The van der Waals surface area contributed by atoms with Crippen LogP contribution < -0.4 is 5.32 Å². The maximum atomic E-state index is 12.2. The molecule has 0 bridgehead atoms. The average Bonchev–Trinajstić information content (AvgIpc) is 2.84. The number of amides is 1. The highest BCUT2D eigenvalue weighted by Crippen LogP contribution is 2.18. The third-order valence-corrected chi connectivity index (χ3v) is 3.89. The van der Waals surface area contributed by atoms with Crippen molar-refractivity contribution in [1.82, 2.24) is 9.88 Å². The summed E-state index contributed by atoms with van der Waals surface area (Å²) < 4.78 is 2.16.